The van der Waals surface area contributed by atoms with Crippen LogP contribution in [-0.4, -0.2) is 29.2 Å². The number of nitrogens with one attached hydrogen (secondary N) is 1. The number of aromatic nitrogens is 2. The molecule has 0 aliphatic heterocycles. The molecule has 1 aromatic heterocycles. The summed E-state index contributed by atoms with van der Waals surface area (Å²) >= 11 is 0. The highest BCUT2D eigenvalue weighted by atomic mass is 19.1. The molecule has 0 aromatic carbocycles. The Labute approximate surface area is 87.9 Å². The standard InChI is InChI=1S/C9H15FN4O/c1-9(2,15-3)5-13-7-6(10)4-12-8(11)14-7/h4H,5H2,1-3H3,(H3,11,12,13,14). The van der Waals surface area contributed by atoms with Crippen molar-refractivity contribution in [3.05, 3.63) is 12.0 Å². The van der Waals surface area contributed by atoms with Crippen LogP contribution in [0, 0.1) is 5.82 Å². The number of nitrogens with two attached hydrogens (primary N) is 1. The van der Waals surface area contributed by atoms with Crippen molar-refractivity contribution >= 4 is 11.8 Å². The van der Waals surface area contributed by atoms with Crippen molar-refractivity contribution in [2.24, 2.45) is 0 Å². The summed E-state index contributed by atoms with van der Waals surface area (Å²) in [6.07, 6.45) is 1.03. The Balaban J connectivity index is 2.69. The monoisotopic (exact) mass is 214 g/mol. The van der Waals surface area contributed by atoms with E-state index in [4.69, 9.17) is 10.5 Å². The van der Waals surface area contributed by atoms with Crippen molar-refractivity contribution in [3.8, 4) is 0 Å². The highest BCUT2D eigenvalue weighted by Gasteiger charge is 2.17. The van der Waals surface area contributed by atoms with Gasteiger partial charge in [-0.15, -0.1) is 0 Å². The maximum Gasteiger partial charge on any atom is 0.222 e. The topological polar surface area (TPSA) is 73.1 Å². The first-order chi connectivity index (χ1) is 6.94. The fraction of sp³-hybridized carbons (Fsp3) is 0.556. The zero-order chi connectivity index (χ0) is 11.5. The molecule has 0 amide bonds. The molecule has 0 saturated carbocycles. The first-order valence-electron chi connectivity index (χ1n) is 4.51. The third-order valence-electron chi connectivity index (χ3n) is 2.00. The molecule has 1 rings (SSSR count). The third-order valence-corrected chi connectivity index (χ3v) is 2.00. The Bertz CT molecular complexity index is 343. The second kappa shape index (κ2) is 4.39. The number of rotatable bonds is 4. The van der Waals surface area contributed by atoms with Gasteiger partial charge in [0.1, 0.15) is 0 Å². The summed E-state index contributed by atoms with van der Waals surface area (Å²) in [4.78, 5) is 7.26. The highest BCUT2D eigenvalue weighted by Crippen LogP contribution is 2.13. The number of methoxy groups -OCH3 is 1. The summed E-state index contributed by atoms with van der Waals surface area (Å²) in [7, 11) is 1.59. The van der Waals surface area contributed by atoms with Crippen molar-refractivity contribution in [2.45, 2.75) is 19.4 Å². The minimum Gasteiger partial charge on any atom is -0.377 e. The van der Waals surface area contributed by atoms with Crippen LogP contribution >= 0.6 is 0 Å². The minimum atomic E-state index is -0.531. The van der Waals surface area contributed by atoms with E-state index >= 15 is 0 Å². The first-order valence-corrected chi connectivity index (χ1v) is 4.51. The number of ether oxygens (including phenoxy) is 1. The van der Waals surface area contributed by atoms with Gasteiger partial charge in [-0.1, -0.05) is 0 Å². The predicted molar refractivity (Wildman–Crippen MR) is 56.0 cm³/mol. The molecule has 15 heavy (non-hydrogen) atoms. The van der Waals surface area contributed by atoms with E-state index in [0.29, 0.717) is 6.54 Å². The Kier molecular flexibility index (Phi) is 3.41. The molecule has 0 radical (unpaired) electrons. The molecule has 0 atom stereocenters. The Morgan fingerprint density at radius 2 is 2.27 bits per heavy atom. The van der Waals surface area contributed by atoms with Gasteiger partial charge in [0.05, 0.1) is 11.8 Å². The Morgan fingerprint density at radius 1 is 1.60 bits per heavy atom. The molecule has 1 heterocycles. The molecule has 0 saturated heterocycles. The third kappa shape index (κ3) is 3.32. The van der Waals surface area contributed by atoms with Gasteiger partial charge in [0.2, 0.25) is 5.95 Å². The SMILES string of the molecule is COC(C)(C)CNc1nc(N)ncc1F. The molecular weight excluding hydrogens is 199 g/mol. The van der Waals surface area contributed by atoms with Crippen molar-refractivity contribution in [2.75, 3.05) is 24.7 Å². The lowest BCUT2D eigenvalue weighted by Gasteiger charge is -2.23. The van der Waals surface area contributed by atoms with Crippen molar-refractivity contribution < 1.29 is 9.13 Å². The number of hydrogen-bond acceptors (Lipinski definition) is 5. The number of nitrogens with zero attached hydrogens (tertiary/aromatic N) is 2. The van der Waals surface area contributed by atoms with Crippen LogP contribution < -0.4 is 11.1 Å². The van der Waals surface area contributed by atoms with Crippen LogP contribution in [0.4, 0.5) is 16.2 Å². The zero-order valence-electron chi connectivity index (χ0n) is 9.04. The molecule has 0 aliphatic carbocycles. The van der Waals surface area contributed by atoms with Gasteiger partial charge in [-0.25, -0.2) is 9.37 Å². The van der Waals surface area contributed by atoms with Crippen LogP contribution in [0.5, 0.6) is 0 Å². The quantitative estimate of drug-likeness (QED) is 0.783. The lowest BCUT2D eigenvalue weighted by molar-refractivity contribution is 0.0342. The van der Waals surface area contributed by atoms with Crippen LogP contribution in [-0.2, 0) is 4.74 Å². The number of hydrogen-bond donors (Lipinski definition) is 2. The average molecular weight is 214 g/mol. The summed E-state index contributed by atoms with van der Waals surface area (Å²) in [5.74, 6) is -0.405. The Hall–Kier alpha value is -1.43. The van der Waals surface area contributed by atoms with Gasteiger partial charge in [0.15, 0.2) is 11.6 Å². The molecular formula is C9H15FN4O. The summed E-state index contributed by atoms with van der Waals surface area (Å²) in [5.41, 5.74) is 4.94. The van der Waals surface area contributed by atoms with Crippen molar-refractivity contribution in [1.29, 1.82) is 0 Å². The van der Waals surface area contributed by atoms with E-state index < -0.39 is 11.4 Å². The minimum absolute atomic E-state index is 0.0362. The first kappa shape index (κ1) is 11.6. The van der Waals surface area contributed by atoms with Gasteiger partial charge in [-0.05, 0) is 13.8 Å². The summed E-state index contributed by atoms with van der Waals surface area (Å²) in [5, 5.41) is 2.81. The molecule has 0 bridgehead atoms. The second-order valence-corrected chi connectivity index (χ2v) is 3.74. The maximum atomic E-state index is 13.2. The fourth-order valence-electron chi connectivity index (χ4n) is 0.873. The van der Waals surface area contributed by atoms with Crippen LogP contribution in [0.25, 0.3) is 0 Å². The van der Waals surface area contributed by atoms with E-state index in [1.165, 1.54) is 0 Å². The molecule has 0 aliphatic rings. The van der Waals surface area contributed by atoms with Crippen molar-refractivity contribution in [3.63, 3.8) is 0 Å². The zero-order valence-corrected chi connectivity index (χ0v) is 9.04. The molecule has 1 aromatic rings. The van der Waals surface area contributed by atoms with Crippen LogP contribution in [0.1, 0.15) is 13.8 Å². The molecule has 3 N–H and O–H groups in total. The summed E-state index contributed by atoms with van der Waals surface area (Å²) in [6.45, 7) is 4.18. The Morgan fingerprint density at radius 3 is 2.87 bits per heavy atom. The maximum absolute atomic E-state index is 13.2. The van der Waals surface area contributed by atoms with Gasteiger partial charge < -0.3 is 15.8 Å². The fourth-order valence-corrected chi connectivity index (χ4v) is 0.873. The van der Waals surface area contributed by atoms with Crippen LogP contribution in [0.2, 0.25) is 0 Å². The highest BCUT2D eigenvalue weighted by molar-refractivity contribution is 5.39. The van der Waals surface area contributed by atoms with Gasteiger partial charge in [0.25, 0.3) is 0 Å². The van der Waals surface area contributed by atoms with Crippen molar-refractivity contribution in [1.82, 2.24) is 9.97 Å². The largest absolute Gasteiger partial charge is 0.377 e. The summed E-state index contributed by atoms with van der Waals surface area (Å²) < 4.78 is 18.3. The van der Waals surface area contributed by atoms with E-state index in [1.807, 2.05) is 13.8 Å². The second-order valence-electron chi connectivity index (χ2n) is 3.74. The molecule has 0 unspecified atom stereocenters. The van der Waals surface area contributed by atoms with Crippen LogP contribution in [0.15, 0.2) is 6.20 Å². The van der Waals surface area contributed by atoms with E-state index in [0.717, 1.165) is 6.20 Å². The van der Waals surface area contributed by atoms with E-state index in [1.54, 1.807) is 7.11 Å². The van der Waals surface area contributed by atoms with Gasteiger partial charge in [-0.2, -0.15) is 4.98 Å². The lowest BCUT2D eigenvalue weighted by atomic mass is 10.1. The molecule has 5 nitrogen and oxygen atoms in total. The molecule has 6 heteroatoms. The smallest absolute Gasteiger partial charge is 0.222 e. The molecule has 84 valence electrons. The summed E-state index contributed by atoms with van der Waals surface area (Å²) in [6, 6.07) is 0. The normalized spacial score (nSPS) is 11.5. The van der Waals surface area contributed by atoms with Gasteiger partial charge in [0, 0.05) is 13.7 Å². The van der Waals surface area contributed by atoms with E-state index in [2.05, 4.69) is 15.3 Å². The van der Waals surface area contributed by atoms with E-state index in [-0.39, 0.29) is 11.8 Å². The molecule has 0 spiro atoms. The average Bonchev–Trinajstić information content (AvgIpc) is 2.20. The number of nitrogen functional groups attached to an aromatic ring is 1. The van der Waals surface area contributed by atoms with Gasteiger partial charge >= 0.3 is 0 Å². The van der Waals surface area contributed by atoms with Crippen LogP contribution in [0.3, 0.4) is 0 Å². The van der Waals surface area contributed by atoms with Gasteiger partial charge in [-0.3, -0.25) is 0 Å². The predicted octanol–water partition coefficient (Wildman–Crippen LogP) is 1.03. The number of halogens is 1. The van der Waals surface area contributed by atoms with E-state index in [9.17, 15) is 4.39 Å². The molecule has 0 fully saturated rings. The number of anilines is 2. The lowest BCUT2D eigenvalue weighted by Crippen LogP contribution is -2.32.